The Labute approximate surface area is 146 Å². The Morgan fingerprint density at radius 2 is 1.67 bits per heavy atom. The van der Waals surface area contributed by atoms with E-state index in [1.54, 1.807) is 0 Å². The van der Waals surface area contributed by atoms with Crippen molar-refractivity contribution in [3.05, 3.63) is 70.8 Å². The van der Waals surface area contributed by atoms with Crippen molar-refractivity contribution >= 4 is 18.3 Å². The first-order valence-corrected chi connectivity index (χ1v) is 7.47. The van der Waals surface area contributed by atoms with Gasteiger partial charge in [-0.2, -0.15) is 0 Å². The highest BCUT2D eigenvalue weighted by Gasteiger charge is 2.16. The first-order valence-electron chi connectivity index (χ1n) is 7.47. The quantitative estimate of drug-likeness (QED) is 0.854. The summed E-state index contributed by atoms with van der Waals surface area (Å²) in [6.45, 7) is 4.33. The predicted molar refractivity (Wildman–Crippen MR) is 93.4 cm³/mol. The van der Waals surface area contributed by atoms with E-state index in [4.69, 9.17) is 5.73 Å². The molecule has 0 aromatic heterocycles. The van der Waals surface area contributed by atoms with Gasteiger partial charge in [-0.15, -0.1) is 12.4 Å². The molecule has 0 saturated heterocycles. The molecule has 1 unspecified atom stereocenters. The fourth-order valence-electron chi connectivity index (χ4n) is 2.22. The lowest BCUT2D eigenvalue weighted by molar-refractivity contribution is 0.0946. The van der Waals surface area contributed by atoms with Crippen LogP contribution < -0.4 is 11.1 Å². The van der Waals surface area contributed by atoms with Gasteiger partial charge in [0.15, 0.2) is 11.6 Å². The van der Waals surface area contributed by atoms with Gasteiger partial charge in [-0.05, 0) is 29.2 Å². The van der Waals surface area contributed by atoms with Crippen LogP contribution in [0.3, 0.4) is 0 Å². The summed E-state index contributed by atoms with van der Waals surface area (Å²) >= 11 is 0. The van der Waals surface area contributed by atoms with Crippen LogP contribution in [0.4, 0.5) is 8.78 Å². The van der Waals surface area contributed by atoms with E-state index in [0.717, 1.165) is 11.6 Å². The molecule has 0 heterocycles. The number of amides is 1. The molecule has 0 aliphatic carbocycles. The molecule has 2 rings (SSSR count). The average Bonchev–Trinajstić information content (AvgIpc) is 2.55. The van der Waals surface area contributed by atoms with Crippen molar-refractivity contribution in [2.24, 2.45) is 5.73 Å². The zero-order chi connectivity index (χ0) is 17.0. The number of carbonyl (C=O) groups excluding carboxylic acids is 1. The predicted octanol–water partition coefficient (Wildman–Crippen LogP) is 3.94. The highest BCUT2D eigenvalue weighted by Crippen LogP contribution is 2.17. The molecule has 0 fully saturated rings. The Bertz CT molecular complexity index is 690. The van der Waals surface area contributed by atoms with Gasteiger partial charge in [0.1, 0.15) is 0 Å². The van der Waals surface area contributed by atoms with Gasteiger partial charge >= 0.3 is 0 Å². The topological polar surface area (TPSA) is 55.1 Å². The van der Waals surface area contributed by atoms with Crippen molar-refractivity contribution in [3.8, 4) is 0 Å². The molecule has 2 aromatic carbocycles. The SMILES string of the molecule is CC(C)c1ccc(C(N)CNC(=O)c2cccc(F)c2F)cc1.Cl. The molecule has 0 radical (unpaired) electrons. The molecule has 1 amide bonds. The number of hydrogen-bond acceptors (Lipinski definition) is 2. The van der Waals surface area contributed by atoms with Gasteiger partial charge in [-0.1, -0.05) is 44.2 Å². The van der Waals surface area contributed by atoms with Crippen LogP contribution in [0.1, 0.15) is 47.3 Å². The summed E-state index contributed by atoms with van der Waals surface area (Å²) in [7, 11) is 0. The highest BCUT2D eigenvalue weighted by molar-refractivity contribution is 5.94. The monoisotopic (exact) mass is 354 g/mol. The second-order valence-electron chi connectivity index (χ2n) is 5.74. The zero-order valence-corrected chi connectivity index (χ0v) is 14.4. The van der Waals surface area contributed by atoms with Gasteiger partial charge in [0, 0.05) is 12.6 Å². The van der Waals surface area contributed by atoms with Gasteiger partial charge in [0.2, 0.25) is 0 Å². The maximum atomic E-state index is 13.6. The average molecular weight is 355 g/mol. The Hall–Kier alpha value is -1.98. The summed E-state index contributed by atoms with van der Waals surface area (Å²) in [5.41, 5.74) is 7.78. The number of halogens is 3. The summed E-state index contributed by atoms with van der Waals surface area (Å²) in [6.07, 6.45) is 0. The molecule has 24 heavy (non-hydrogen) atoms. The van der Waals surface area contributed by atoms with Crippen LogP contribution >= 0.6 is 12.4 Å². The molecule has 0 bridgehead atoms. The van der Waals surface area contributed by atoms with Crippen LogP contribution in [0.2, 0.25) is 0 Å². The van der Waals surface area contributed by atoms with E-state index >= 15 is 0 Å². The molecule has 6 heteroatoms. The van der Waals surface area contributed by atoms with Crippen LogP contribution in [-0.2, 0) is 0 Å². The van der Waals surface area contributed by atoms with E-state index < -0.39 is 23.6 Å². The Morgan fingerprint density at radius 1 is 1.08 bits per heavy atom. The molecule has 2 aromatic rings. The first-order chi connectivity index (χ1) is 10.9. The molecule has 0 aliphatic rings. The van der Waals surface area contributed by atoms with Crippen molar-refractivity contribution in [3.63, 3.8) is 0 Å². The van der Waals surface area contributed by atoms with Crippen LogP contribution in [0.25, 0.3) is 0 Å². The number of hydrogen-bond donors (Lipinski definition) is 2. The summed E-state index contributed by atoms with van der Waals surface area (Å²) in [4.78, 5) is 11.9. The van der Waals surface area contributed by atoms with Crippen molar-refractivity contribution in [2.75, 3.05) is 6.54 Å². The Balaban J connectivity index is 0.00000288. The van der Waals surface area contributed by atoms with E-state index in [0.29, 0.717) is 5.92 Å². The van der Waals surface area contributed by atoms with Crippen LogP contribution in [0, 0.1) is 11.6 Å². The Morgan fingerprint density at radius 3 is 2.25 bits per heavy atom. The van der Waals surface area contributed by atoms with Crippen LogP contribution in [0.5, 0.6) is 0 Å². The fourth-order valence-corrected chi connectivity index (χ4v) is 2.22. The first kappa shape index (κ1) is 20.1. The molecule has 3 nitrogen and oxygen atoms in total. The van der Waals surface area contributed by atoms with Crippen molar-refractivity contribution < 1.29 is 13.6 Å². The highest BCUT2D eigenvalue weighted by atomic mass is 35.5. The van der Waals surface area contributed by atoms with E-state index in [1.807, 2.05) is 24.3 Å². The number of nitrogens with two attached hydrogens (primary N) is 1. The number of benzene rings is 2. The van der Waals surface area contributed by atoms with Gasteiger partial charge in [0.05, 0.1) is 5.56 Å². The van der Waals surface area contributed by atoms with Crippen LogP contribution in [-0.4, -0.2) is 12.5 Å². The molecule has 0 saturated carbocycles. The van der Waals surface area contributed by atoms with Crippen molar-refractivity contribution in [1.82, 2.24) is 5.32 Å². The van der Waals surface area contributed by atoms with E-state index in [9.17, 15) is 13.6 Å². The third-order valence-electron chi connectivity index (χ3n) is 3.71. The third-order valence-corrected chi connectivity index (χ3v) is 3.71. The summed E-state index contributed by atoms with van der Waals surface area (Å²) in [5, 5.41) is 2.53. The smallest absolute Gasteiger partial charge is 0.254 e. The summed E-state index contributed by atoms with van der Waals surface area (Å²) in [6, 6.07) is 10.9. The van der Waals surface area contributed by atoms with E-state index in [1.165, 1.54) is 17.7 Å². The van der Waals surface area contributed by atoms with Gasteiger partial charge < -0.3 is 11.1 Å². The number of rotatable bonds is 5. The van der Waals surface area contributed by atoms with Gasteiger partial charge in [-0.3, -0.25) is 4.79 Å². The summed E-state index contributed by atoms with van der Waals surface area (Å²) < 4.78 is 26.7. The molecule has 3 N–H and O–H groups in total. The third kappa shape index (κ3) is 4.76. The lowest BCUT2D eigenvalue weighted by Gasteiger charge is -2.15. The largest absolute Gasteiger partial charge is 0.350 e. The lowest BCUT2D eigenvalue weighted by atomic mass is 9.99. The molecule has 0 spiro atoms. The number of carbonyl (C=O) groups is 1. The molecular formula is C18H21ClF2N2O. The van der Waals surface area contributed by atoms with E-state index in [-0.39, 0.29) is 24.5 Å². The molecule has 1 atom stereocenters. The normalized spacial score (nSPS) is 11.8. The fraction of sp³-hybridized carbons (Fsp3) is 0.278. The lowest BCUT2D eigenvalue weighted by Crippen LogP contribution is -2.32. The van der Waals surface area contributed by atoms with E-state index in [2.05, 4.69) is 19.2 Å². The molecular weight excluding hydrogens is 334 g/mol. The minimum Gasteiger partial charge on any atom is -0.350 e. The minimum atomic E-state index is -1.15. The molecule has 0 aliphatic heterocycles. The second kappa shape index (κ2) is 8.76. The standard InChI is InChI=1S/C18H20F2N2O.ClH/c1-11(2)12-6-8-13(9-7-12)16(21)10-22-18(23)14-4-3-5-15(19)17(14)20;/h3-9,11,16H,10,21H2,1-2H3,(H,22,23);1H. The maximum Gasteiger partial charge on any atom is 0.254 e. The zero-order valence-electron chi connectivity index (χ0n) is 13.6. The maximum absolute atomic E-state index is 13.6. The minimum absolute atomic E-state index is 0. The van der Waals surface area contributed by atoms with Crippen LogP contribution in [0.15, 0.2) is 42.5 Å². The second-order valence-corrected chi connectivity index (χ2v) is 5.74. The van der Waals surface area contributed by atoms with Crippen molar-refractivity contribution in [2.45, 2.75) is 25.8 Å². The Kier molecular flexibility index (Phi) is 7.32. The number of nitrogens with one attached hydrogen (secondary N) is 1. The summed E-state index contributed by atoms with van der Waals surface area (Å²) in [5.74, 6) is -2.46. The molecule has 130 valence electrons. The van der Waals surface area contributed by atoms with Gasteiger partial charge in [-0.25, -0.2) is 8.78 Å². The van der Waals surface area contributed by atoms with Gasteiger partial charge in [0.25, 0.3) is 5.91 Å². The van der Waals surface area contributed by atoms with Crippen molar-refractivity contribution in [1.29, 1.82) is 0 Å².